The van der Waals surface area contributed by atoms with Gasteiger partial charge in [-0.15, -0.1) is 0 Å². The number of nitrogens with zero attached hydrogens (tertiary/aromatic N) is 2. The zero-order chi connectivity index (χ0) is 14.4. The van der Waals surface area contributed by atoms with Gasteiger partial charge in [0.05, 0.1) is 0 Å². The summed E-state index contributed by atoms with van der Waals surface area (Å²) in [5, 5.41) is 0. The van der Waals surface area contributed by atoms with E-state index in [1.165, 1.54) is 24.0 Å². The second-order valence-corrected chi connectivity index (χ2v) is 5.48. The fourth-order valence-corrected chi connectivity index (χ4v) is 2.75. The van der Waals surface area contributed by atoms with E-state index in [1.54, 1.807) is 0 Å². The molecule has 0 fully saturated rings. The maximum atomic E-state index is 4.10. The molecule has 112 valence electrons. The van der Waals surface area contributed by atoms with Gasteiger partial charge in [-0.25, -0.2) is 4.57 Å². The molecule has 2 rings (SSSR count). The first kappa shape index (κ1) is 18.0. The normalized spacial score (nSPS) is 13.3. The molecule has 0 aliphatic carbocycles. The third-order valence-electron chi connectivity index (χ3n) is 4.16. The Bertz CT molecular complexity index is 511. The third-order valence-corrected chi connectivity index (χ3v) is 4.16. The molecule has 0 spiro atoms. The fourth-order valence-electron chi connectivity index (χ4n) is 2.75. The van der Waals surface area contributed by atoms with Gasteiger partial charge in [-0.2, -0.15) is 0 Å². The van der Waals surface area contributed by atoms with Crippen molar-refractivity contribution in [3.05, 3.63) is 60.2 Å². The van der Waals surface area contributed by atoms with Crippen molar-refractivity contribution in [3.63, 3.8) is 0 Å². The van der Waals surface area contributed by atoms with Gasteiger partial charge in [0.1, 0.15) is 6.54 Å². The van der Waals surface area contributed by atoms with Crippen LogP contribution in [0.2, 0.25) is 0 Å². The van der Waals surface area contributed by atoms with E-state index in [0.29, 0.717) is 11.8 Å². The van der Waals surface area contributed by atoms with Crippen molar-refractivity contribution in [1.29, 1.82) is 0 Å². The molecular formula is C18H25N2W+. The summed E-state index contributed by atoms with van der Waals surface area (Å²) >= 11 is 0. The molecule has 3 heteroatoms. The summed E-state index contributed by atoms with van der Waals surface area (Å²) < 4.78 is 2.21. The van der Waals surface area contributed by atoms with Crippen molar-refractivity contribution in [2.24, 2.45) is 0 Å². The molecule has 2 aromatic rings. The van der Waals surface area contributed by atoms with Crippen LogP contribution in [0.5, 0.6) is 0 Å². The van der Waals surface area contributed by atoms with Crippen molar-refractivity contribution in [3.8, 4) is 0 Å². The minimum atomic E-state index is 0. The van der Waals surface area contributed by atoms with Gasteiger partial charge < -0.3 is 0 Å². The minimum absolute atomic E-state index is 0. The maximum Gasteiger partial charge on any atom is 0.169 e. The van der Waals surface area contributed by atoms with Crippen molar-refractivity contribution in [2.75, 3.05) is 0 Å². The zero-order valence-electron chi connectivity index (χ0n) is 13.2. The number of aromatic nitrogens is 2. The molecule has 0 aliphatic heterocycles. The Kier molecular flexibility index (Phi) is 7.81. The molecular weight excluding hydrogens is 428 g/mol. The number of hydrogen-bond acceptors (Lipinski definition) is 1. The standard InChI is InChI=1S/C18H25N2.W/c1-4-16(18-8-12-20(5-2)13-9-18)14-15(3)17-6-10-19-11-7-17;/h6-13,15-16H,4-5,14H2,1-3H3;/q+1;. The van der Waals surface area contributed by atoms with Crippen LogP contribution in [-0.4, -0.2) is 4.98 Å². The molecule has 0 saturated heterocycles. The fraction of sp³-hybridized carbons (Fsp3) is 0.444. The number of pyridine rings is 2. The third kappa shape index (κ3) is 5.04. The summed E-state index contributed by atoms with van der Waals surface area (Å²) in [7, 11) is 0. The largest absolute Gasteiger partial charge is 0.265 e. The summed E-state index contributed by atoms with van der Waals surface area (Å²) in [5.41, 5.74) is 2.84. The molecule has 0 saturated carbocycles. The molecule has 2 heterocycles. The van der Waals surface area contributed by atoms with E-state index in [2.05, 4.69) is 67.0 Å². The van der Waals surface area contributed by atoms with Crippen LogP contribution in [0, 0.1) is 0 Å². The summed E-state index contributed by atoms with van der Waals surface area (Å²) in [6.07, 6.45) is 10.5. The zero-order valence-corrected chi connectivity index (χ0v) is 16.1. The van der Waals surface area contributed by atoms with E-state index in [1.807, 2.05) is 12.4 Å². The van der Waals surface area contributed by atoms with E-state index in [9.17, 15) is 0 Å². The van der Waals surface area contributed by atoms with Crippen LogP contribution in [0.25, 0.3) is 0 Å². The predicted molar refractivity (Wildman–Crippen MR) is 82.6 cm³/mol. The monoisotopic (exact) mass is 453 g/mol. The van der Waals surface area contributed by atoms with Crippen LogP contribution in [0.1, 0.15) is 56.6 Å². The van der Waals surface area contributed by atoms with E-state index >= 15 is 0 Å². The van der Waals surface area contributed by atoms with Gasteiger partial charge >= 0.3 is 0 Å². The maximum absolute atomic E-state index is 4.10. The molecule has 0 radical (unpaired) electrons. The Labute approximate surface area is 142 Å². The Morgan fingerprint density at radius 2 is 1.62 bits per heavy atom. The van der Waals surface area contributed by atoms with Gasteiger partial charge in [0, 0.05) is 45.6 Å². The number of hydrogen-bond donors (Lipinski definition) is 0. The molecule has 2 atom stereocenters. The van der Waals surface area contributed by atoms with E-state index in [0.717, 1.165) is 6.54 Å². The van der Waals surface area contributed by atoms with Crippen LogP contribution in [0.4, 0.5) is 0 Å². The Hall–Kier alpha value is -1.01. The molecule has 0 amide bonds. The summed E-state index contributed by atoms with van der Waals surface area (Å²) in [6.45, 7) is 7.80. The first-order valence-electron chi connectivity index (χ1n) is 7.63. The molecule has 0 N–H and O–H groups in total. The average Bonchev–Trinajstić information content (AvgIpc) is 2.53. The van der Waals surface area contributed by atoms with E-state index < -0.39 is 0 Å². The van der Waals surface area contributed by atoms with Crippen LogP contribution in [0.3, 0.4) is 0 Å². The second kappa shape index (κ2) is 9.10. The summed E-state index contributed by atoms with van der Waals surface area (Å²) in [4.78, 5) is 4.10. The Morgan fingerprint density at radius 3 is 2.14 bits per heavy atom. The van der Waals surface area contributed by atoms with Crippen LogP contribution < -0.4 is 4.57 Å². The van der Waals surface area contributed by atoms with Gasteiger partial charge in [-0.3, -0.25) is 4.98 Å². The SMILES string of the molecule is CCC(CC(C)c1ccncc1)c1cc[n+](CC)cc1.[W]. The average molecular weight is 453 g/mol. The van der Waals surface area contributed by atoms with E-state index in [4.69, 9.17) is 0 Å². The molecule has 0 aliphatic rings. The molecule has 0 aromatic carbocycles. The Balaban J connectivity index is 0.00000220. The molecule has 0 bridgehead atoms. The number of rotatable bonds is 6. The smallest absolute Gasteiger partial charge is 0.169 e. The second-order valence-electron chi connectivity index (χ2n) is 5.48. The first-order chi connectivity index (χ1) is 9.74. The van der Waals surface area contributed by atoms with Crippen molar-refractivity contribution >= 4 is 0 Å². The number of aryl methyl sites for hydroxylation is 1. The van der Waals surface area contributed by atoms with Gasteiger partial charge in [0.15, 0.2) is 12.4 Å². The van der Waals surface area contributed by atoms with E-state index in [-0.39, 0.29) is 21.1 Å². The van der Waals surface area contributed by atoms with Crippen LogP contribution >= 0.6 is 0 Å². The van der Waals surface area contributed by atoms with Crippen LogP contribution in [0.15, 0.2) is 49.1 Å². The van der Waals surface area contributed by atoms with Gasteiger partial charge in [-0.1, -0.05) is 13.8 Å². The molecule has 21 heavy (non-hydrogen) atoms. The van der Waals surface area contributed by atoms with Gasteiger partial charge in [0.25, 0.3) is 0 Å². The summed E-state index contributed by atoms with van der Waals surface area (Å²) in [6, 6.07) is 8.81. The first-order valence-corrected chi connectivity index (χ1v) is 7.63. The van der Waals surface area contributed by atoms with Gasteiger partial charge in [-0.05, 0) is 54.9 Å². The Morgan fingerprint density at radius 1 is 1.00 bits per heavy atom. The van der Waals surface area contributed by atoms with Gasteiger partial charge in [0.2, 0.25) is 0 Å². The van der Waals surface area contributed by atoms with Crippen molar-refractivity contribution in [2.45, 2.75) is 52.0 Å². The van der Waals surface area contributed by atoms with Crippen LogP contribution in [-0.2, 0) is 27.6 Å². The quantitative estimate of drug-likeness (QED) is 0.603. The summed E-state index contributed by atoms with van der Waals surface area (Å²) in [5.74, 6) is 1.20. The van der Waals surface area contributed by atoms with Crippen molar-refractivity contribution in [1.82, 2.24) is 4.98 Å². The molecule has 2 aromatic heterocycles. The minimum Gasteiger partial charge on any atom is -0.265 e. The molecule has 2 nitrogen and oxygen atoms in total. The topological polar surface area (TPSA) is 16.8 Å². The molecule has 2 unspecified atom stereocenters. The predicted octanol–water partition coefficient (Wildman–Crippen LogP) is 4.07. The van der Waals surface area contributed by atoms with Crippen molar-refractivity contribution < 1.29 is 25.6 Å².